The van der Waals surface area contributed by atoms with E-state index in [1.165, 1.54) is 0 Å². The average Bonchev–Trinajstić information content (AvgIpc) is 3.44. The molecule has 0 bridgehead atoms. The van der Waals surface area contributed by atoms with Crippen LogP contribution < -0.4 is 10.1 Å². The second-order valence-electron chi connectivity index (χ2n) is 6.38. The van der Waals surface area contributed by atoms with E-state index in [0.717, 1.165) is 33.9 Å². The number of nitrogens with zero attached hydrogens (tertiary/aromatic N) is 4. The third kappa shape index (κ3) is 3.32. The summed E-state index contributed by atoms with van der Waals surface area (Å²) in [5.41, 5.74) is 4.35. The van der Waals surface area contributed by atoms with Crippen LogP contribution in [0.25, 0.3) is 28.2 Å². The minimum Gasteiger partial charge on any atom is -0.497 e. The molecule has 1 N–H and O–H groups in total. The van der Waals surface area contributed by atoms with Crippen molar-refractivity contribution in [3.05, 3.63) is 77.8 Å². The molecule has 0 unspecified atom stereocenters. The molecule has 0 aliphatic rings. The molecule has 142 valence electrons. The summed E-state index contributed by atoms with van der Waals surface area (Å²) in [6, 6.07) is 19.7. The lowest BCUT2D eigenvalue weighted by Crippen LogP contribution is -2.01. The number of para-hydroxylation sites is 1. The maximum Gasteiger partial charge on any atom is 0.170 e. The molecule has 29 heavy (non-hydrogen) atoms. The summed E-state index contributed by atoms with van der Waals surface area (Å²) in [5, 5.41) is 7.50. The highest BCUT2D eigenvalue weighted by Gasteiger charge is 2.16. The Morgan fingerprint density at radius 2 is 1.79 bits per heavy atom. The number of ether oxygens (including phenoxy) is 1. The van der Waals surface area contributed by atoms with E-state index in [1.54, 1.807) is 24.8 Å². The van der Waals surface area contributed by atoms with Crippen molar-refractivity contribution in [1.29, 1.82) is 0 Å². The molecule has 0 aliphatic heterocycles. The van der Waals surface area contributed by atoms with Gasteiger partial charge in [0.05, 0.1) is 12.8 Å². The molecule has 0 saturated carbocycles. The second-order valence-corrected chi connectivity index (χ2v) is 7.16. The Morgan fingerprint density at radius 3 is 2.52 bits per heavy atom. The number of benzene rings is 2. The highest BCUT2D eigenvalue weighted by atomic mass is 32.1. The first kappa shape index (κ1) is 17.4. The first-order valence-electron chi connectivity index (χ1n) is 9.06. The molecule has 5 aromatic rings. The average molecular weight is 399 g/mol. The molecule has 0 fully saturated rings. The lowest BCUT2D eigenvalue weighted by Gasteiger charge is -2.10. The first-order chi connectivity index (χ1) is 14.3. The Labute approximate surface area is 171 Å². The fourth-order valence-corrected chi connectivity index (χ4v) is 3.73. The zero-order chi connectivity index (χ0) is 19.6. The summed E-state index contributed by atoms with van der Waals surface area (Å²) < 4.78 is 7.25. The molecular formula is C22H17N5OS. The van der Waals surface area contributed by atoms with E-state index in [-0.39, 0.29) is 0 Å². The second kappa shape index (κ2) is 7.37. The predicted octanol–water partition coefficient (Wildman–Crippen LogP) is 5.30. The van der Waals surface area contributed by atoms with Crippen LogP contribution in [-0.4, -0.2) is 26.6 Å². The number of methoxy groups -OCH3 is 1. The van der Waals surface area contributed by atoms with Crippen LogP contribution in [0.4, 0.5) is 11.5 Å². The molecular weight excluding hydrogens is 382 g/mol. The number of aromatic nitrogens is 4. The Morgan fingerprint density at radius 1 is 0.966 bits per heavy atom. The van der Waals surface area contributed by atoms with Crippen LogP contribution in [0, 0.1) is 0 Å². The smallest absolute Gasteiger partial charge is 0.170 e. The van der Waals surface area contributed by atoms with Gasteiger partial charge in [0.1, 0.15) is 12.1 Å². The number of rotatable bonds is 5. The van der Waals surface area contributed by atoms with Crippen molar-refractivity contribution in [2.45, 2.75) is 0 Å². The maximum atomic E-state index is 5.27. The summed E-state index contributed by atoms with van der Waals surface area (Å²) in [5.74, 6) is 2.08. The van der Waals surface area contributed by atoms with Gasteiger partial charge in [-0.05, 0) is 47.8 Å². The zero-order valence-electron chi connectivity index (χ0n) is 15.6. The van der Waals surface area contributed by atoms with Gasteiger partial charge < -0.3 is 10.1 Å². The van der Waals surface area contributed by atoms with Crippen LogP contribution in [0.15, 0.2) is 77.8 Å². The lowest BCUT2D eigenvalue weighted by atomic mass is 10.2. The van der Waals surface area contributed by atoms with E-state index in [2.05, 4.69) is 15.7 Å². The number of hydrogen-bond donors (Lipinski definition) is 1. The molecule has 6 nitrogen and oxygen atoms in total. The van der Waals surface area contributed by atoms with Gasteiger partial charge in [0.25, 0.3) is 0 Å². The van der Waals surface area contributed by atoms with Gasteiger partial charge in [-0.1, -0.05) is 18.2 Å². The number of anilines is 2. The summed E-state index contributed by atoms with van der Waals surface area (Å²) >= 11 is 1.64. The van der Waals surface area contributed by atoms with Crippen LogP contribution in [0.3, 0.4) is 0 Å². The van der Waals surface area contributed by atoms with Crippen LogP contribution >= 0.6 is 11.3 Å². The largest absolute Gasteiger partial charge is 0.497 e. The van der Waals surface area contributed by atoms with Gasteiger partial charge in [0.15, 0.2) is 22.8 Å². The number of fused-ring (bicyclic) bond motifs is 1. The third-order valence-corrected chi connectivity index (χ3v) is 5.24. The van der Waals surface area contributed by atoms with Crippen LogP contribution in [-0.2, 0) is 0 Å². The van der Waals surface area contributed by atoms with Crippen molar-refractivity contribution in [3.63, 3.8) is 0 Å². The third-order valence-electron chi connectivity index (χ3n) is 4.57. The van der Waals surface area contributed by atoms with E-state index in [9.17, 15) is 0 Å². The monoisotopic (exact) mass is 399 g/mol. The fraction of sp³-hybridized carbons (Fsp3) is 0.0455. The number of nitrogens with one attached hydrogen (secondary N) is 1. The molecule has 0 amide bonds. The number of hydrogen-bond acceptors (Lipinski definition) is 6. The Bertz CT molecular complexity index is 1250. The van der Waals surface area contributed by atoms with E-state index in [1.807, 2.05) is 70.6 Å². The molecule has 3 aromatic heterocycles. The molecule has 2 aromatic carbocycles. The maximum absolute atomic E-state index is 5.27. The van der Waals surface area contributed by atoms with Crippen molar-refractivity contribution < 1.29 is 4.74 Å². The molecule has 5 rings (SSSR count). The summed E-state index contributed by atoms with van der Waals surface area (Å²) in [6.07, 6.45) is 1.79. The first-order valence-corrected chi connectivity index (χ1v) is 10.0. The van der Waals surface area contributed by atoms with Crippen LogP contribution in [0.2, 0.25) is 0 Å². The van der Waals surface area contributed by atoms with Gasteiger partial charge in [-0.2, -0.15) is 11.3 Å². The normalized spacial score (nSPS) is 10.9. The predicted molar refractivity (Wildman–Crippen MR) is 116 cm³/mol. The lowest BCUT2D eigenvalue weighted by molar-refractivity contribution is 0.415. The molecule has 7 heteroatoms. The van der Waals surface area contributed by atoms with Gasteiger partial charge in [-0.15, -0.1) is 0 Å². The highest BCUT2D eigenvalue weighted by Crippen LogP contribution is 2.29. The van der Waals surface area contributed by atoms with Crippen molar-refractivity contribution >= 4 is 34.0 Å². The quantitative estimate of drug-likeness (QED) is 0.435. The van der Waals surface area contributed by atoms with E-state index in [0.29, 0.717) is 11.6 Å². The van der Waals surface area contributed by atoms with Gasteiger partial charge >= 0.3 is 0 Å². The topological polar surface area (TPSA) is 64.9 Å². The Hall–Kier alpha value is -3.71. The van der Waals surface area contributed by atoms with Crippen molar-refractivity contribution in [1.82, 2.24) is 19.5 Å². The van der Waals surface area contributed by atoms with Crippen molar-refractivity contribution in [2.24, 2.45) is 0 Å². The molecule has 0 radical (unpaired) electrons. The van der Waals surface area contributed by atoms with Crippen LogP contribution in [0.5, 0.6) is 5.75 Å². The van der Waals surface area contributed by atoms with Crippen molar-refractivity contribution in [3.8, 4) is 22.8 Å². The minimum atomic E-state index is 0.621. The van der Waals surface area contributed by atoms with E-state index in [4.69, 9.17) is 14.7 Å². The van der Waals surface area contributed by atoms with Gasteiger partial charge in [0, 0.05) is 16.6 Å². The van der Waals surface area contributed by atoms with Gasteiger partial charge in [-0.3, -0.25) is 4.57 Å². The number of imidazole rings is 1. The standard InChI is InChI=1S/C22H17N5OS/c1-28-18-9-7-15(8-10-18)20-25-21(24-16-5-3-2-4-6-16)19-22(26-20)27(14-23-19)17-11-12-29-13-17/h2-14H,1H3,(H,24,25,26). The number of thiophene rings is 1. The molecule has 0 aliphatic carbocycles. The van der Waals surface area contributed by atoms with Crippen LogP contribution in [0.1, 0.15) is 0 Å². The molecule has 0 spiro atoms. The minimum absolute atomic E-state index is 0.621. The molecule has 3 heterocycles. The summed E-state index contributed by atoms with van der Waals surface area (Å²) in [4.78, 5) is 14.2. The van der Waals surface area contributed by atoms with Gasteiger partial charge in [-0.25, -0.2) is 15.0 Å². The van der Waals surface area contributed by atoms with E-state index < -0.39 is 0 Å². The fourth-order valence-electron chi connectivity index (χ4n) is 3.10. The Balaban J connectivity index is 1.69. The highest BCUT2D eigenvalue weighted by molar-refractivity contribution is 7.08. The Kier molecular flexibility index (Phi) is 4.42. The van der Waals surface area contributed by atoms with Gasteiger partial charge in [0.2, 0.25) is 0 Å². The van der Waals surface area contributed by atoms with E-state index >= 15 is 0 Å². The molecule has 0 saturated heterocycles. The van der Waals surface area contributed by atoms with Crippen molar-refractivity contribution in [2.75, 3.05) is 12.4 Å². The SMILES string of the molecule is COc1ccc(-c2nc(Nc3ccccc3)c3ncn(-c4ccsc4)c3n2)cc1. The zero-order valence-corrected chi connectivity index (χ0v) is 16.4. The molecule has 0 atom stereocenters. The summed E-state index contributed by atoms with van der Waals surface area (Å²) in [7, 11) is 1.65. The summed E-state index contributed by atoms with van der Waals surface area (Å²) in [6.45, 7) is 0.